The maximum absolute atomic E-state index is 13.1. The van der Waals surface area contributed by atoms with Crippen LogP contribution < -0.4 is 0 Å². The average Bonchev–Trinajstić information content (AvgIpc) is 3.00. The van der Waals surface area contributed by atoms with Crippen LogP contribution in [0.3, 0.4) is 0 Å². The zero-order valence-electron chi connectivity index (χ0n) is 12.7. The van der Waals surface area contributed by atoms with Crippen LogP contribution in [-0.4, -0.2) is 0 Å². The summed E-state index contributed by atoms with van der Waals surface area (Å²) >= 11 is 0. The number of halogens is 1. The van der Waals surface area contributed by atoms with Gasteiger partial charge < -0.3 is 0 Å². The summed E-state index contributed by atoms with van der Waals surface area (Å²) in [5.41, 5.74) is 4.02. The van der Waals surface area contributed by atoms with Crippen molar-refractivity contribution in [2.75, 3.05) is 0 Å². The first-order chi connectivity index (χ1) is 10.2. The van der Waals surface area contributed by atoms with E-state index in [9.17, 15) is 4.39 Å². The van der Waals surface area contributed by atoms with Gasteiger partial charge in [-0.25, -0.2) is 4.39 Å². The largest absolute Gasteiger partial charge is 0.207 e. The lowest BCUT2D eigenvalue weighted by molar-refractivity contribution is 0.431. The highest BCUT2D eigenvalue weighted by Crippen LogP contribution is 2.39. The molecule has 1 atom stereocenters. The van der Waals surface area contributed by atoms with Crippen molar-refractivity contribution in [1.82, 2.24) is 0 Å². The Labute approximate surface area is 127 Å². The zero-order valence-corrected chi connectivity index (χ0v) is 12.7. The fraction of sp³-hybridized carbons (Fsp3) is 0.400. The van der Waals surface area contributed by atoms with Crippen LogP contribution in [0.15, 0.2) is 48.5 Å². The van der Waals surface area contributed by atoms with Crippen molar-refractivity contribution in [1.29, 1.82) is 0 Å². The molecule has 1 aliphatic rings. The van der Waals surface area contributed by atoms with E-state index in [1.165, 1.54) is 42.4 Å². The molecule has 1 saturated carbocycles. The third-order valence-electron chi connectivity index (χ3n) is 4.81. The second-order valence-corrected chi connectivity index (χ2v) is 6.40. The molecule has 0 spiro atoms. The summed E-state index contributed by atoms with van der Waals surface area (Å²) in [5, 5.41) is 0. The van der Waals surface area contributed by atoms with Crippen molar-refractivity contribution in [3.05, 3.63) is 71.0 Å². The van der Waals surface area contributed by atoms with Crippen molar-refractivity contribution in [3.8, 4) is 0 Å². The van der Waals surface area contributed by atoms with E-state index < -0.39 is 0 Å². The molecule has 3 rings (SSSR count). The Bertz CT molecular complexity index is 579. The number of rotatable bonds is 4. The minimum atomic E-state index is -0.147. The van der Waals surface area contributed by atoms with Crippen LogP contribution in [0.2, 0.25) is 0 Å². The normalized spacial score (nSPS) is 17.0. The van der Waals surface area contributed by atoms with E-state index in [2.05, 4.69) is 31.2 Å². The summed E-state index contributed by atoms with van der Waals surface area (Å²) in [5.74, 6) is 1.20. The third-order valence-corrected chi connectivity index (χ3v) is 4.81. The van der Waals surface area contributed by atoms with Crippen molar-refractivity contribution < 1.29 is 4.39 Å². The molecule has 0 nitrogen and oxygen atoms in total. The zero-order chi connectivity index (χ0) is 14.7. The minimum absolute atomic E-state index is 0.147. The molecule has 2 aromatic carbocycles. The fourth-order valence-electron chi connectivity index (χ4n) is 3.69. The van der Waals surface area contributed by atoms with Crippen LogP contribution in [0, 0.1) is 18.7 Å². The quantitative estimate of drug-likeness (QED) is 0.679. The molecule has 1 unspecified atom stereocenters. The standard InChI is InChI=1S/C20H23F/c1-15-5-4-8-18(13-15)20(17-6-2-3-7-17)14-16-9-11-19(21)12-10-16/h4-5,8-13,17,20H,2-3,6-7,14H2,1H3. The molecule has 2 aromatic rings. The molecule has 110 valence electrons. The first-order valence-corrected chi connectivity index (χ1v) is 8.03. The summed E-state index contributed by atoms with van der Waals surface area (Å²) in [7, 11) is 0. The van der Waals surface area contributed by atoms with Crippen molar-refractivity contribution in [2.24, 2.45) is 5.92 Å². The van der Waals surface area contributed by atoms with Crippen molar-refractivity contribution >= 4 is 0 Å². The van der Waals surface area contributed by atoms with Gasteiger partial charge in [-0.2, -0.15) is 0 Å². The van der Waals surface area contributed by atoms with Gasteiger partial charge in [0.05, 0.1) is 0 Å². The maximum Gasteiger partial charge on any atom is 0.123 e. The average molecular weight is 282 g/mol. The fourth-order valence-corrected chi connectivity index (χ4v) is 3.69. The number of benzene rings is 2. The van der Waals surface area contributed by atoms with E-state index >= 15 is 0 Å². The molecule has 0 heterocycles. The molecule has 0 radical (unpaired) electrons. The van der Waals surface area contributed by atoms with E-state index in [-0.39, 0.29) is 5.82 Å². The Kier molecular flexibility index (Phi) is 4.38. The van der Waals surface area contributed by atoms with Gasteiger partial charge >= 0.3 is 0 Å². The minimum Gasteiger partial charge on any atom is -0.207 e. The Balaban J connectivity index is 1.86. The summed E-state index contributed by atoms with van der Waals surface area (Å²) in [6.07, 6.45) is 6.40. The molecular formula is C20H23F. The van der Waals surface area contributed by atoms with Gasteiger partial charge in [-0.15, -0.1) is 0 Å². The van der Waals surface area contributed by atoms with Crippen LogP contribution in [0.5, 0.6) is 0 Å². The highest BCUT2D eigenvalue weighted by molar-refractivity contribution is 5.29. The van der Waals surface area contributed by atoms with Crippen molar-refractivity contribution in [2.45, 2.75) is 44.9 Å². The molecule has 0 bridgehead atoms. The second-order valence-electron chi connectivity index (χ2n) is 6.40. The Morgan fingerprint density at radius 2 is 1.76 bits per heavy atom. The number of hydrogen-bond donors (Lipinski definition) is 0. The first-order valence-electron chi connectivity index (χ1n) is 8.03. The van der Waals surface area contributed by atoms with E-state index in [4.69, 9.17) is 0 Å². The van der Waals surface area contributed by atoms with Crippen LogP contribution in [0.1, 0.15) is 48.3 Å². The summed E-state index contributed by atoms with van der Waals surface area (Å²) in [6.45, 7) is 2.16. The second kappa shape index (κ2) is 6.43. The van der Waals surface area contributed by atoms with Crippen LogP contribution >= 0.6 is 0 Å². The lowest BCUT2D eigenvalue weighted by Crippen LogP contribution is -2.13. The molecule has 1 heteroatoms. The molecule has 0 saturated heterocycles. The van der Waals surface area contributed by atoms with E-state index in [0.29, 0.717) is 5.92 Å². The highest BCUT2D eigenvalue weighted by Gasteiger charge is 2.26. The summed E-state index contributed by atoms with van der Waals surface area (Å²) in [4.78, 5) is 0. The Hall–Kier alpha value is -1.63. The van der Waals surface area contributed by atoms with Gasteiger partial charge in [0.2, 0.25) is 0 Å². The lowest BCUT2D eigenvalue weighted by Gasteiger charge is -2.24. The van der Waals surface area contributed by atoms with Gasteiger partial charge in [-0.05, 0) is 61.3 Å². The molecule has 0 N–H and O–H groups in total. The monoisotopic (exact) mass is 282 g/mol. The van der Waals surface area contributed by atoms with Gasteiger partial charge in [0.15, 0.2) is 0 Å². The van der Waals surface area contributed by atoms with Gasteiger partial charge in [0.25, 0.3) is 0 Å². The van der Waals surface area contributed by atoms with Gasteiger partial charge in [0.1, 0.15) is 5.82 Å². The molecule has 0 aromatic heterocycles. The number of aryl methyl sites for hydroxylation is 1. The summed E-state index contributed by atoms with van der Waals surface area (Å²) in [6, 6.07) is 15.9. The topological polar surface area (TPSA) is 0 Å². The summed E-state index contributed by atoms with van der Waals surface area (Å²) < 4.78 is 13.1. The third kappa shape index (κ3) is 3.53. The smallest absolute Gasteiger partial charge is 0.123 e. The highest BCUT2D eigenvalue weighted by atomic mass is 19.1. The lowest BCUT2D eigenvalue weighted by atomic mass is 9.80. The number of hydrogen-bond acceptors (Lipinski definition) is 0. The van der Waals surface area contributed by atoms with Gasteiger partial charge in [-0.1, -0.05) is 54.8 Å². The van der Waals surface area contributed by atoms with E-state index in [1.807, 2.05) is 12.1 Å². The molecule has 21 heavy (non-hydrogen) atoms. The molecule has 0 aliphatic heterocycles. The van der Waals surface area contributed by atoms with Crippen LogP contribution in [0.25, 0.3) is 0 Å². The Morgan fingerprint density at radius 3 is 2.43 bits per heavy atom. The Morgan fingerprint density at radius 1 is 1.05 bits per heavy atom. The van der Waals surface area contributed by atoms with Gasteiger partial charge in [0, 0.05) is 0 Å². The van der Waals surface area contributed by atoms with Crippen molar-refractivity contribution in [3.63, 3.8) is 0 Å². The first kappa shape index (κ1) is 14.3. The van der Waals surface area contributed by atoms with E-state index in [0.717, 1.165) is 12.3 Å². The predicted octanol–water partition coefficient (Wildman–Crippen LogP) is 5.65. The molecular weight excluding hydrogens is 259 g/mol. The van der Waals surface area contributed by atoms with Gasteiger partial charge in [-0.3, -0.25) is 0 Å². The molecule has 1 fully saturated rings. The van der Waals surface area contributed by atoms with E-state index in [1.54, 1.807) is 12.1 Å². The molecule has 1 aliphatic carbocycles. The maximum atomic E-state index is 13.1. The molecule has 0 amide bonds. The SMILES string of the molecule is Cc1cccc(C(Cc2ccc(F)cc2)C2CCCC2)c1. The van der Waals surface area contributed by atoms with Crippen LogP contribution in [-0.2, 0) is 6.42 Å². The predicted molar refractivity (Wildman–Crippen MR) is 86.0 cm³/mol. The van der Waals surface area contributed by atoms with Crippen LogP contribution in [0.4, 0.5) is 4.39 Å².